The Hall–Kier alpha value is -0.810. The predicted octanol–water partition coefficient (Wildman–Crippen LogP) is 1.91. The number of aliphatic hydroxyl groups excluding tert-OH is 1. The maximum Gasteiger partial charge on any atom is 0.234 e. The molecular formula is C14H20Cl2N2O2. The van der Waals surface area contributed by atoms with E-state index in [4.69, 9.17) is 11.6 Å². The quantitative estimate of drug-likeness (QED) is 0.719. The Morgan fingerprint density at radius 3 is 2.60 bits per heavy atom. The molecule has 1 fully saturated rings. The van der Waals surface area contributed by atoms with Crippen LogP contribution in [-0.4, -0.2) is 30.6 Å². The van der Waals surface area contributed by atoms with E-state index in [1.807, 2.05) is 0 Å². The Morgan fingerprint density at radius 1 is 1.35 bits per heavy atom. The SMILES string of the molecule is Cl.O=C(CNCC1CC1)NCC(O)c1ccc(Cl)cc1. The molecular weight excluding hydrogens is 299 g/mol. The third kappa shape index (κ3) is 6.09. The zero-order valence-electron chi connectivity index (χ0n) is 11.1. The lowest BCUT2D eigenvalue weighted by molar-refractivity contribution is -0.120. The Balaban J connectivity index is 0.00000200. The summed E-state index contributed by atoms with van der Waals surface area (Å²) in [6.45, 7) is 1.43. The van der Waals surface area contributed by atoms with Crippen molar-refractivity contribution < 1.29 is 9.90 Å². The van der Waals surface area contributed by atoms with Gasteiger partial charge < -0.3 is 15.7 Å². The summed E-state index contributed by atoms with van der Waals surface area (Å²) in [5.41, 5.74) is 0.746. The van der Waals surface area contributed by atoms with Crippen LogP contribution < -0.4 is 10.6 Å². The minimum atomic E-state index is -0.704. The molecule has 0 saturated heterocycles. The van der Waals surface area contributed by atoms with Crippen LogP contribution in [0.1, 0.15) is 24.5 Å². The van der Waals surface area contributed by atoms with Gasteiger partial charge in [0.15, 0.2) is 0 Å². The number of carbonyl (C=O) groups is 1. The van der Waals surface area contributed by atoms with Crippen molar-refractivity contribution in [3.8, 4) is 0 Å². The van der Waals surface area contributed by atoms with Crippen molar-refractivity contribution in [2.75, 3.05) is 19.6 Å². The molecule has 2 rings (SSSR count). The lowest BCUT2D eigenvalue weighted by Crippen LogP contribution is -2.36. The number of hydrogen-bond donors (Lipinski definition) is 3. The van der Waals surface area contributed by atoms with E-state index < -0.39 is 6.10 Å². The van der Waals surface area contributed by atoms with Crippen LogP contribution in [0.15, 0.2) is 24.3 Å². The molecule has 1 atom stereocenters. The van der Waals surface area contributed by atoms with Crippen LogP contribution in [0.4, 0.5) is 0 Å². The van der Waals surface area contributed by atoms with Gasteiger partial charge in [-0.2, -0.15) is 0 Å². The zero-order valence-corrected chi connectivity index (χ0v) is 12.7. The van der Waals surface area contributed by atoms with Gasteiger partial charge in [0, 0.05) is 11.6 Å². The number of amides is 1. The van der Waals surface area contributed by atoms with Gasteiger partial charge in [0.1, 0.15) is 0 Å². The summed E-state index contributed by atoms with van der Waals surface area (Å²) in [5, 5.41) is 16.3. The topological polar surface area (TPSA) is 61.4 Å². The highest BCUT2D eigenvalue weighted by Crippen LogP contribution is 2.27. The van der Waals surface area contributed by atoms with Crippen LogP contribution in [-0.2, 0) is 4.79 Å². The Bertz CT molecular complexity index is 422. The summed E-state index contributed by atoms with van der Waals surface area (Å²) in [5.74, 6) is 0.668. The number of aliphatic hydroxyl groups is 1. The lowest BCUT2D eigenvalue weighted by atomic mass is 10.1. The van der Waals surface area contributed by atoms with Gasteiger partial charge in [-0.05, 0) is 43.0 Å². The van der Waals surface area contributed by atoms with E-state index in [1.165, 1.54) is 12.8 Å². The first kappa shape index (κ1) is 17.2. The molecule has 0 spiro atoms. The van der Waals surface area contributed by atoms with Crippen LogP contribution in [0, 0.1) is 5.92 Å². The molecule has 1 unspecified atom stereocenters. The van der Waals surface area contributed by atoms with Gasteiger partial charge in [-0.1, -0.05) is 23.7 Å². The summed E-state index contributed by atoms with van der Waals surface area (Å²) >= 11 is 5.77. The standard InChI is InChI=1S/C14H19ClN2O2.ClH/c15-12-5-3-11(4-6-12)13(18)8-17-14(19)9-16-7-10-1-2-10;/h3-6,10,13,16,18H,1-2,7-9H2,(H,17,19);1H. The molecule has 1 saturated carbocycles. The van der Waals surface area contributed by atoms with E-state index in [1.54, 1.807) is 24.3 Å². The summed E-state index contributed by atoms with van der Waals surface area (Å²) in [4.78, 5) is 11.5. The van der Waals surface area contributed by atoms with Gasteiger partial charge in [-0.25, -0.2) is 0 Å². The van der Waals surface area contributed by atoms with Crippen molar-refractivity contribution in [2.24, 2.45) is 5.92 Å². The Kier molecular flexibility index (Phi) is 7.30. The maximum absolute atomic E-state index is 11.5. The van der Waals surface area contributed by atoms with Gasteiger partial charge in [0.25, 0.3) is 0 Å². The number of hydrogen-bond acceptors (Lipinski definition) is 3. The largest absolute Gasteiger partial charge is 0.387 e. The maximum atomic E-state index is 11.5. The number of rotatable bonds is 7. The smallest absolute Gasteiger partial charge is 0.234 e. The molecule has 6 heteroatoms. The van der Waals surface area contributed by atoms with Gasteiger partial charge >= 0.3 is 0 Å². The fraction of sp³-hybridized carbons (Fsp3) is 0.500. The van der Waals surface area contributed by atoms with Gasteiger partial charge in [-0.15, -0.1) is 12.4 Å². The van der Waals surface area contributed by atoms with E-state index in [2.05, 4.69) is 10.6 Å². The van der Waals surface area contributed by atoms with E-state index in [-0.39, 0.29) is 24.9 Å². The number of halogens is 2. The van der Waals surface area contributed by atoms with Gasteiger partial charge in [0.05, 0.1) is 12.6 Å². The second-order valence-electron chi connectivity index (χ2n) is 4.95. The van der Waals surface area contributed by atoms with Gasteiger partial charge in [-0.3, -0.25) is 4.79 Å². The molecule has 0 bridgehead atoms. The average molecular weight is 319 g/mol. The van der Waals surface area contributed by atoms with Gasteiger partial charge in [0.2, 0.25) is 5.91 Å². The number of benzene rings is 1. The molecule has 3 N–H and O–H groups in total. The number of nitrogens with one attached hydrogen (secondary N) is 2. The first-order valence-corrected chi connectivity index (χ1v) is 6.94. The van der Waals surface area contributed by atoms with E-state index in [9.17, 15) is 9.90 Å². The molecule has 0 radical (unpaired) electrons. The van der Waals surface area contributed by atoms with Crippen molar-refractivity contribution in [1.29, 1.82) is 0 Å². The first-order valence-electron chi connectivity index (χ1n) is 6.56. The fourth-order valence-corrected chi connectivity index (χ4v) is 1.91. The highest BCUT2D eigenvalue weighted by Gasteiger charge is 2.20. The second-order valence-corrected chi connectivity index (χ2v) is 5.38. The molecule has 1 amide bonds. The number of carbonyl (C=O) groups excluding carboxylic acids is 1. The molecule has 0 aromatic heterocycles. The first-order chi connectivity index (χ1) is 9.15. The summed E-state index contributed by atoms with van der Waals surface area (Å²) in [6.07, 6.45) is 1.83. The van der Waals surface area contributed by atoms with E-state index in [0.717, 1.165) is 18.0 Å². The molecule has 112 valence electrons. The van der Waals surface area contributed by atoms with Crippen molar-refractivity contribution in [1.82, 2.24) is 10.6 Å². The minimum absolute atomic E-state index is 0. The monoisotopic (exact) mass is 318 g/mol. The highest BCUT2D eigenvalue weighted by atomic mass is 35.5. The fourth-order valence-electron chi connectivity index (χ4n) is 1.79. The predicted molar refractivity (Wildman–Crippen MR) is 82.3 cm³/mol. The van der Waals surface area contributed by atoms with Crippen molar-refractivity contribution in [3.05, 3.63) is 34.9 Å². The third-order valence-corrected chi connectivity index (χ3v) is 3.41. The van der Waals surface area contributed by atoms with Crippen LogP contribution in [0.3, 0.4) is 0 Å². The summed E-state index contributed by atoms with van der Waals surface area (Å²) < 4.78 is 0. The Labute approximate surface area is 130 Å². The molecule has 1 aromatic rings. The molecule has 0 heterocycles. The van der Waals surface area contributed by atoms with Crippen molar-refractivity contribution in [2.45, 2.75) is 18.9 Å². The van der Waals surface area contributed by atoms with Crippen LogP contribution >= 0.6 is 24.0 Å². The minimum Gasteiger partial charge on any atom is -0.387 e. The zero-order chi connectivity index (χ0) is 13.7. The average Bonchev–Trinajstić information content (AvgIpc) is 3.21. The van der Waals surface area contributed by atoms with E-state index >= 15 is 0 Å². The molecule has 1 aliphatic rings. The molecule has 1 aromatic carbocycles. The van der Waals surface area contributed by atoms with Crippen molar-refractivity contribution in [3.63, 3.8) is 0 Å². The molecule has 0 aliphatic heterocycles. The highest BCUT2D eigenvalue weighted by molar-refractivity contribution is 6.30. The molecule has 20 heavy (non-hydrogen) atoms. The normalized spacial score (nSPS) is 15.3. The summed E-state index contributed by atoms with van der Waals surface area (Å²) in [6, 6.07) is 6.95. The summed E-state index contributed by atoms with van der Waals surface area (Å²) in [7, 11) is 0. The third-order valence-electron chi connectivity index (χ3n) is 3.16. The van der Waals surface area contributed by atoms with Crippen molar-refractivity contribution >= 4 is 29.9 Å². The van der Waals surface area contributed by atoms with Crippen LogP contribution in [0.25, 0.3) is 0 Å². The van der Waals surface area contributed by atoms with Crippen LogP contribution in [0.5, 0.6) is 0 Å². The van der Waals surface area contributed by atoms with E-state index in [0.29, 0.717) is 11.6 Å². The Morgan fingerprint density at radius 2 is 2.00 bits per heavy atom. The molecule has 4 nitrogen and oxygen atoms in total. The lowest BCUT2D eigenvalue weighted by Gasteiger charge is -2.12. The molecule has 1 aliphatic carbocycles. The second kappa shape index (κ2) is 8.47. The van der Waals surface area contributed by atoms with Crippen LogP contribution in [0.2, 0.25) is 5.02 Å².